The van der Waals surface area contributed by atoms with Crippen molar-refractivity contribution in [3.05, 3.63) is 0 Å². The maximum absolute atomic E-state index is 12.0. The van der Waals surface area contributed by atoms with E-state index < -0.39 is 38.1 Å². The molecule has 2 aliphatic rings. The van der Waals surface area contributed by atoms with Crippen LogP contribution in [-0.2, 0) is 20.8 Å². The molecular formula is C8H10BrNO4S. The molecule has 0 saturated carbocycles. The summed E-state index contributed by atoms with van der Waals surface area (Å²) in [7, 11) is 0. The fourth-order valence-electron chi connectivity index (χ4n) is 2.11. The molecule has 0 aliphatic carbocycles. The van der Waals surface area contributed by atoms with Gasteiger partial charge in [0, 0.05) is 0 Å². The monoisotopic (exact) mass is 295 g/mol. The Kier molecular flexibility index (Phi) is 2.33. The molecule has 2 rings (SSSR count). The number of amides is 1. The molecule has 0 aromatic heterocycles. The summed E-state index contributed by atoms with van der Waals surface area (Å²) in [5.74, 6) is -1.38. The number of fused-ring (bicyclic) bond motifs is 1. The van der Waals surface area contributed by atoms with Crippen molar-refractivity contribution in [3.8, 4) is 0 Å². The first-order chi connectivity index (χ1) is 6.80. The smallest absolute Gasteiger partial charge is 0.332 e. The molecule has 1 amide bonds. The molecule has 0 radical (unpaired) electrons. The Balaban J connectivity index is 2.40. The van der Waals surface area contributed by atoms with Crippen molar-refractivity contribution in [1.29, 1.82) is 0 Å². The van der Waals surface area contributed by atoms with Gasteiger partial charge in [-0.3, -0.25) is 9.69 Å². The molecule has 1 N–H and O–H groups in total. The SMILES string of the molecule is CC1(C)C(C(=O)O)N2C(=O)C(Br)[C@H]2[S+]1[O-]. The number of carboxylic acids is 1. The molecule has 0 bridgehead atoms. The maximum Gasteiger partial charge on any atom is 0.332 e. The Labute approximate surface area is 98.1 Å². The minimum atomic E-state index is -1.35. The lowest BCUT2D eigenvalue weighted by Crippen LogP contribution is -2.64. The number of aliphatic carboxylic acids is 1. The molecule has 2 saturated heterocycles. The van der Waals surface area contributed by atoms with Crippen LogP contribution in [-0.4, -0.2) is 47.4 Å². The van der Waals surface area contributed by atoms with Crippen molar-refractivity contribution in [1.82, 2.24) is 4.90 Å². The standard InChI is InChI=1S/C8H10BrNO4S/c1-8(2)4(7(12)13)10-5(11)3(9)6(10)15(8)14/h3-4,6H,1-2H3,(H,12,13)/t3?,4?,6-,15?/m1/s1. The molecule has 84 valence electrons. The van der Waals surface area contributed by atoms with E-state index in [2.05, 4.69) is 15.9 Å². The van der Waals surface area contributed by atoms with Crippen LogP contribution in [0.3, 0.4) is 0 Å². The Morgan fingerprint density at radius 2 is 2.20 bits per heavy atom. The van der Waals surface area contributed by atoms with Gasteiger partial charge in [0.15, 0.2) is 15.6 Å². The average molecular weight is 296 g/mol. The second-order valence-corrected chi connectivity index (χ2v) is 7.30. The second-order valence-electron chi connectivity index (χ2n) is 4.18. The number of β-lactam (4-membered cyclic amide) rings is 1. The van der Waals surface area contributed by atoms with Gasteiger partial charge < -0.3 is 9.66 Å². The number of hydrogen-bond acceptors (Lipinski definition) is 3. The van der Waals surface area contributed by atoms with Crippen LogP contribution in [0.4, 0.5) is 0 Å². The highest BCUT2D eigenvalue weighted by Gasteiger charge is 2.71. The number of carboxylic acid groups (broad SMARTS) is 1. The fraction of sp³-hybridized carbons (Fsp3) is 0.750. The van der Waals surface area contributed by atoms with Crippen molar-refractivity contribution >= 4 is 39.0 Å². The summed E-state index contributed by atoms with van der Waals surface area (Å²) in [6, 6.07) is -0.982. The zero-order chi connectivity index (χ0) is 11.5. The summed E-state index contributed by atoms with van der Waals surface area (Å²) < 4.78 is 11.1. The maximum atomic E-state index is 12.0. The molecule has 15 heavy (non-hydrogen) atoms. The molecule has 2 aliphatic heterocycles. The van der Waals surface area contributed by atoms with Crippen molar-refractivity contribution in [3.63, 3.8) is 0 Å². The predicted octanol–water partition coefficient (Wildman–Crippen LogP) is -0.0877. The highest BCUT2D eigenvalue weighted by Crippen LogP contribution is 2.47. The van der Waals surface area contributed by atoms with E-state index in [1.54, 1.807) is 13.8 Å². The first-order valence-corrected chi connectivity index (χ1v) is 6.52. The lowest BCUT2D eigenvalue weighted by atomic mass is 9.98. The molecule has 0 aromatic carbocycles. The third-order valence-corrected chi connectivity index (χ3v) is 6.36. The van der Waals surface area contributed by atoms with Gasteiger partial charge in [0.2, 0.25) is 11.3 Å². The number of alkyl halides is 1. The third kappa shape index (κ3) is 1.20. The summed E-state index contributed by atoms with van der Waals surface area (Å²) in [6.45, 7) is 3.24. The van der Waals surface area contributed by atoms with Crippen LogP contribution >= 0.6 is 15.9 Å². The van der Waals surface area contributed by atoms with Gasteiger partial charge in [-0.1, -0.05) is 15.9 Å². The van der Waals surface area contributed by atoms with E-state index in [9.17, 15) is 14.1 Å². The molecule has 3 unspecified atom stereocenters. The van der Waals surface area contributed by atoms with E-state index in [0.29, 0.717) is 0 Å². The van der Waals surface area contributed by atoms with Gasteiger partial charge >= 0.3 is 5.97 Å². The molecule has 7 heteroatoms. The summed E-state index contributed by atoms with van der Waals surface area (Å²) in [5.41, 5.74) is 0. The molecular weight excluding hydrogens is 286 g/mol. The number of rotatable bonds is 1. The number of halogens is 1. The van der Waals surface area contributed by atoms with Gasteiger partial charge in [-0.15, -0.1) is 0 Å². The second kappa shape index (κ2) is 3.11. The molecule has 0 aromatic rings. The van der Waals surface area contributed by atoms with Crippen molar-refractivity contribution in [2.24, 2.45) is 0 Å². The fourth-order valence-corrected chi connectivity index (χ4v) is 5.01. The lowest BCUT2D eigenvalue weighted by Gasteiger charge is -2.37. The van der Waals surface area contributed by atoms with Gasteiger partial charge in [-0.05, 0) is 25.0 Å². The summed E-state index contributed by atoms with van der Waals surface area (Å²) in [5, 5.41) is 8.56. The minimum Gasteiger partial charge on any atom is -0.614 e. The van der Waals surface area contributed by atoms with Crippen LogP contribution in [0.1, 0.15) is 13.8 Å². The van der Waals surface area contributed by atoms with E-state index in [1.807, 2.05) is 0 Å². The van der Waals surface area contributed by atoms with Gasteiger partial charge in [0.25, 0.3) is 0 Å². The highest BCUT2D eigenvalue weighted by molar-refractivity contribution is 9.10. The highest BCUT2D eigenvalue weighted by atomic mass is 79.9. The van der Waals surface area contributed by atoms with Crippen LogP contribution in [0.15, 0.2) is 0 Å². The summed E-state index contributed by atoms with van der Waals surface area (Å²) >= 11 is 1.78. The zero-order valence-corrected chi connectivity index (χ0v) is 10.5. The van der Waals surface area contributed by atoms with E-state index in [-0.39, 0.29) is 5.91 Å². The Hall–Kier alpha value is -0.270. The normalized spacial score (nSPS) is 42.4. The number of hydrogen-bond donors (Lipinski definition) is 1. The Bertz CT molecular complexity index is 348. The first-order valence-electron chi connectivity index (χ1n) is 4.40. The molecule has 0 spiro atoms. The van der Waals surface area contributed by atoms with Crippen LogP contribution < -0.4 is 0 Å². The quantitative estimate of drug-likeness (QED) is 0.417. The number of carbonyl (C=O) groups is 2. The van der Waals surface area contributed by atoms with E-state index in [0.717, 1.165) is 0 Å². The van der Waals surface area contributed by atoms with Crippen molar-refractivity contribution in [2.75, 3.05) is 0 Å². The van der Waals surface area contributed by atoms with Crippen molar-refractivity contribution in [2.45, 2.75) is 34.8 Å². The predicted molar refractivity (Wildman–Crippen MR) is 57.0 cm³/mol. The van der Waals surface area contributed by atoms with E-state index in [4.69, 9.17) is 5.11 Å². The summed E-state index contributed by atoms with van der Waals surface area (Å²) in [6.07, 6.45) is 0. The Morgan fingerprint density at radius 1 is 1.67 bits per heavy atom. The van der Waals surface area contributed by atoms with Crippen LogP contribution in [0.25, 0.3) is 0 Å². The van der Waals surface area contributed by atoms with Gasteiger partial charge in [-0.2, -0.15) is 0 Å². The number of carbonyl (C=O) groups excluding carboxylic acids is 1. The molecule has 5 nitrogen and oxygen atoms in total. The summed E-state index contributed by atoms with van der Waals surface area (Å²) in [4.78, 5) is 23.3. The average Bonchev–Trinajstić information content (AvgIpc) is 2.32. The van der Waals surface area contributed by atoms with Crippen LogP contribution in [0, 0.1) is 0 Å². The number of nitrogens with zero attached hydrogens (tertiary/aromatic N) is 1. The van der Waals surface area contributed by atoms with E-state index in [1.165, 1.54) is 4.90 Å². The van der Waals surface area contributed by atoms with Gasteiger partial charge in [0.05, 0.1) is 0 Å². The lowest BCUT2D eigenvalue weighted by molar-refractivity contribution is -0.156. The van der Waals surface area contributed by atoms with Crippen molar-refractivity contribution < 1.29 is 19.2 Å². The van der Waals surface area contributed by atoms with Crippen LogP contribution in [0.5, 0.6) is 0 Å². The largest absolute Gasteiger partial charge is 0.614 e. The Morgan fingerprint density at radius 3 is 2.67 bits per heavy atom. The van der Waals surface area contributed by atoms with Crippen LogP contribution in [0.2, 0.25) is 0 Å². The zero-order valence-electron chi connectivity index (χ0n) is 8.14. The first kappa shape index (κ1) is 11.2. The molecule has 2 heterocycles. The topological polar surface area (TPSA) is 80.7 Å². The minimum absolute atomic E-state index is 0.286. The van der Waals surface area contributed by atoms with E-state index >= 15 is 0 Å². The molecule has 4 atom stereocenters. The molecule has 2 fully saturated rings. The van der Waals surface area contributed by atoms with Gasteiger partial charge in [-0.25, -0.2) is 4.79 Å². The van der Waals surface area contributed by atoms with Gasteiger partial charge in [0.1, 0.15) is 0 Å². The third-order valence-electron chi connectivity index (χ3n) is 2.92.